The van der Waals surface area contributed by atoms with Gasteiger partial charge in [-0.2, -0.15) is 5.10 Å². The average Bonchev–Trinajstić information content (AvgIpc) is 3.02. The lowest BCUT2D eigenvalue weighted by Gasteiger charge is -2.57. The lowest BCUT2D eigenvalue weighted by atomic mass is 9.53. The molecule has 5 nitrogen and oxygen atoms in total. The van der Waals surface area contributed by atoms with Crippen molar-refractivity contribution in [3.63, 3.8) is 0 Å². The van der Waals surface area contributed by atoms with Crippen molar-refractivity contribution in [1.29, 1.82) is 0 Å². The monoisotopic (exact) mass is 399 g/mol. The van der Waals surface area contributed by atoms with E-state index in [9.17, 15) is 0 Å². The quantitative estimate of drug-likeness (QED) is 0.810. The van der Waals surface area contributed by atoms with Crippen molar-refractivity contribution >= 4 is 36.3 Å². The summed E-state index contributed by atoms with van der Waals surface area (Å²) in [6.07, 6.45) is 11.6. The van der Waals surface area contributed by atoms with Gasteiger partial charge in [0.1, 0.15) is 0 Å². The molecule has 2 N–H and O–H groups in total. The van der Waals surface area contributed by atoms with Gasteiger partial charge in [0.15, 0.2) is 5.82 Å². The van der Waals surface area contributed by atoms with Gasteiger partial charge in [-0.3, -0.25) is 0 Å². The van der Waals surface area contributed by atoms with Crippen LogP contribution in [0.15, 0.2) is 12.3 Å². The molecule has 5 fully saturated rings. The molecule has 146 valence electrons. The third kappa shape index (κ3) is 3.63. The number of halogens is 2. The molecule has 5 aliphatic rings. The Bertz CT molecular complexity index is 590. The van der Waals surface area contributed by atoms with Gasteiger partial charge in [-0.1, -0.05) is 0 Å². The Morgan fingerprint density at radius 1 is 1.08 bits per heavy atom. The molecule has 0 spiro atoms. The maximum Gasteiger partial charge on any atom is 0.151 e. The van der Waals surface area contributed by atoms with E-state index in [1.54, 1.807) is 0 Å². The lowest BCUT2D eigenvalue weighted by Crippen LogP contribution is -2.54. The second kappa shape index (κ2) is 7.69. The fourth-order valence-electron chi connectivity index (χ4n) is 6.36. The molecule has 26 heavy (non-hydrogen) atoms. The van der Waals surface area contributed by atoms with Crippen LogP contribution in [0.4, 0.5) is 11.5 Å². The number of hydrogen-bond acceptors (Lipinski definition) is 5. The van der Waals surface area contributed by atoms with Gasteiger partial charge in [0.25, 0.3) is 0 Å². The minimum absolute atomic E-state index is 0. The maximum atomic E-state index is 4.42. The molecule has 4 saturated carbocycles. The minimum atomic E-state index is 0. The summed E-state index contributed by atoms with van der Waals surface area (Å²) in [5.74, 6) is 3.85. The normalized spacial score (nSPS) is 37.2. The molecular weight excluding hydrogens is 369 g/mol. The number of rotatable bonds is 4. The van der Waals surface area contributed by atoms with Crippen LogP contribution in [-0.4, -0.2) is 41.9 Å². The number of likely N-dealkylation sites (N-methyl/N-ethyl adjacent to an activating group) is 1. The molecule has 1 aromatic rings. The molecule has 4 aliphatic carbocycles. The number of anilines is 2. The summed E-state index contributed by atoms with van der Waals surface area (Å²) in [6, 6.07) is 2.82. The van der Waals surface area contributed by atoms with E-state index in [0.29, 0.717) is 11.6 Å². The number of hydrogen-bond donors (Lipinski definition) is 2. The van der Waals surface area contributed by atoms with Crippen LogP contribution in [-0.2, 0) is 0 Å². The van der Waals surface area contributed by atoms with E-state index in [4.69, 9.17) is 0 Å². The van der Waals surface area contributed by atoms with Crippen molar-refractivity contribution < 1.29 is 0 Å². The summed E-state index contributed by atoms with van der Waals surface area (Å²) in [5, 5.41) is 16.0. The van der Waals surface area contributed by atoms with Gasteiger partial charge in [0, 0.05) is 30.7 Å². The third-order valence-electron chi connectivity index (χ3n) is 7.03. The standard InChI is InChI=1S/C19H29N5.2ClH/c1-20-16-2-3-24(12-16)17-7-18(23-21-11-17)22-19-8-13-4-14(9-19)6-15(5-13)10-19;;/h7,11,13-16,20H,2-6,8-10,12H2,1H3,(H,22,23);2*1H. The predicted octanol–water partition coefficient (Wildman–Crippen LogP) is 3.50. The molecule has 0 amide bonds. The third-order valence-corrected chi connectivity index (χ3v) is 7.03. The second-order valence-corrected chi connectivity index (χ2v) is 8.84. The number of aromatic nitrogens is 2. The van der Waals surface area contributed by atoms with E-state index in [2.05, 4.69) is 38.8 Å². The molecule has 1 atom stereocenters. The lowest BCUT2D eigenvalue weighted by molar-refractivity contribution is 0.0105. The highest BCUT2D eigenvalue weighted by Gasteiger charge is 2.51. The smallest absolute Gasteiger partial charge is 0.151 e. The van der Waals surface area contributed by atoms with Crippen molar-refractivity contribution in [2.45, 2.75) is 56.5 Å². The molecule has 4 bridgehead atoms. The molecule has 2 heterocycles. The fourth-order valence-corrected chi connectivity index (χ4v) is 6.36. The highest BCUT2D eigenvalue weighted by Crippen LogP contribution is 2.56. The predicted molar refractivity (Wildman–Crippen MR) is 111 cm³/mol. The first-order valence-electron chi connectivity index (χ1n) is 9.74. The van der Waals surface area contributed by atoms with Crippen LogP contribution in [0.3, 0.4) is 0 Å². The summed E-state index contributed by atoms with van der Waals surface area (Å²) >= 11 is 0. The van der Waals surface area contributed by atoms with Crippen molar-refractivity contribution in [2.24, 2.45) is 17.8 Å². The molecule has 1 unspecified atom stereocenters. The number of nitrogens with zero attached hydrogens (tertiary/aromatic N) is 3. The van der Waals surface area contributed by atoms with E-state index in [-0.39, 0.29) is 24.8 Å². The Balaban J connectivity index is 0.000000980. The minimum Gasteiger partial charge on any atom is -0.369 e. The number of nitrogens with one attached hydrogen (secondary N) is 2. The Morgan fingerprint density at radius 3 is 2.31 bits per heavy atom. The first-order chi connectivity index (χ1) is 11.7. The van der Waals surface area contributed by atoms with Crippen LogP contribution in [0, 0.1) is 17.8 Å². The van der Waals surface area contributed by atoms with E-state index < -0.39 is 0 Å². The van der Waals surface area contributed by atoms with Gasteiger partial charge in [0.2, 0.25) is 0 Å². The van der Waals surface area contributed by atoms with Crippen molar-refractivity contribution in [3.05, 3.63) is 12.3 Å². The van der Waals surface area contributed by atoms with Crippen LogP contribution in [0.25, 0.3) is 0 Å². The molecule has 1 saturated heterocycles. The summed E-state index contributed by atoms with van der Waals surface area (Å²) in [6.45, 7) is 2.17. The Hall–Kier alpha value is -0.780. The SMILES string of the molecule is CNC1CCN(c2cnnc(NC34CC5CC(CC(C5)C3)C4)c2)C1.Cl.Cl. The van der Waals surface area contributed by atoms with Gasteiger partial charge < -0.3 is 15.5 Å². The average molecular weight is 400 g/mol. The van der Waals surface area contributed by atoms with Gasteiger partial charge in [-0.15, -0.1) is 29.9 Å². The summed E-state index contributed by atoms with van der Waals surface area (Å²) in [7, 11) is 2.05. The molecular formula is C19H31Cl2N5. The van der Waals surface area contributed by atoms with Gasteiger partial charge in [0.05, 0.1) is 11.9 Å². The van der Waals surface area contributed by atoms with Gasteiger partial charge in [-0.05, 0) is 69.7 Å². The Morgan fingerprint density at radius 2 is 1.73 bits per heavy atom. The fraction of sp³-hybridized carbons (Fsp3) is 0.789. The van der Waals surface area contributed by atoms with E-state index >= 15 is 0 Å². The second-order valence-electron chi connectivity index (χ2n) is 8.84. The summed E-state index contributed by atoms with van der Waals surface area (Å²) < 4.78 is 0. The molecule has 7 heteroatoms. The van der Waals surface area contributed by atoms with Crippen LogP contribution >= 0.6 is 24.8 Å². The molecule has 0 radical (unpaired) electrons. The van der Waals surface area contributed by atoms with Gasteiger partial charge in [-0.25, -0.2) is 0 Å². The molecule has 1 aromatic heterocycles. The van der Waals surface area contributed by atoms with Crippen molar-refractivity contribution in [1.82, 2.24) is 15.5 Å². The summed E-state index contributed by atoms with van der Waals surface area (Å²) in [5.41, 5.74) is 1.52. The summed E-state index contributed by atoms with van der Waals surface area (Å²) in [4.78, 5) is 2.43. The molecule has 0 aromatic carbocycles. The van der Waals surface area contributed by atoms with Crippen LogP contribution in [0.2, 0.25) is 0 Å². The molecule has 1 aliphatic heterocycles. The van der Waals surface area contributed by atoms with Crippen LogP contribution in [0.1, 0.15) is 44.9 Å². The maximum absolute atomic E-state index is 4.42. The zero-order valence-electron chi connectivity index (χ0n) is 15.5. The van der Waals surface area contributed by atoms with E-state index in [0.717, 1.165) is 36.7 Å². The topological polar surface area (TPSA) is 53.1 Å². The first kappa shape index (κ1) is 20.0. The van der Waals surface area contributed by atoms with E-state index in [1.807, 2.05) is 6.20 Å². The first-order valence-corrected chi connectivity index (χ1v) is 9.74. The molecule has 6 rings (SSSR count). The Labute approximate surface area is 168 Å². The highest BCUT2D eigenvalue weighted by molar-refractivity contribution is 5.85. The van der Waals surface area contributed by atoms with Crippen molar-refractivity contribution in [2.75, 3.05) is 30.4 Å². The van der Waals surface area contributed by atoms with Crippen LogP contribution in [0.5, 0.6) is 0 Å². The van der Waals surface area contributed by atoms with Gasteiger partial charge >= 0.3 is 0 Å². The van der Waals surface area contributed by atoms with E-state index in [1.165, 1.54) is 50.6 Å². The zero-order valence-corrected chi connectivity index (χ0v) is 17.1. The largest absolute Gasteiger partial charge is 0.369 e. The van der Waals surface area contributed by atoms with Crippen LogP contribution < -0.4 is 15.5 Å². The zero-order chi connectivity index (χ0) is 16.1. The highest BCUT2D eigenvalue weighted by atomic mass is 35.5. The van der Waals surface area contributed by atoms with Crippen molar-refractivity contribution in [3.8, 4) is 0 Å². The Kier molecular flexibility index (Phi) is 5.90.